The highest BCUT2D eigenvalue weighted by Gasteiger charge is 2.29. The number of amides is 1. The van der Waals surface area contributed by atoms with Gasteiger partial charge >= 0.3 is 0 Å². The predicted octanol–water partition coefficient (Wildman–Crippen LogP) is 4.79. The van der Waals surface area contributed by atoms with Crippen LogP contribution >= 0.6 is 11.3 Å². The van der Waals surface area contributed by atoms with Gasteiger partial charge in [-0.25, -0.2) is 0 Å². The molecule has 5 rings (SSSR count). The molecule has 0 saturated carbocycles. The highest BCUT2D eigenvalue weighted by molar-refractivity contribution is 7.07. The van der Waals surface area contributed by atoms with E-state index in [1.165, 1.54) is 16.7 Å². The second-order valence-corrected chi connectivity index (χ2v) is 9.66. The first-order valence-corrected chi connectivity index (χ1v) is 12.3. The number of hydrogen-bond donors (Lipinski definition) is 0. The summed E-state index contributed by atoms with van der Waals surface area (Å²) in [5, 5.41) is 4.23. The van der Waals surface area contributed by atoms with Crippen molar-refractivity contribution < 1.29 is 9.53 Å². The van der Waals surface area contributed by atoms with E-state index in [-0.39, 0.29) is 12.0 Å². The highest BCUT2D eigenvalue weighted by atomic mass is 32.1. The molecule has 1 amide bonds. The lowest BCUT2D eigenvalue weighted by Gasteiger charge is -2.34. The first kappa shape index (κ1) is 21.2. The lowest BCUT2D eigenvalue weighted by atomic mass is 9.90. The van der Waals surface area contributed by atoms with Crippen molar-refractivity contribution in [3.05, 3.63) is 81.8 Å². The van der Waals surface area contributed by atoms with Gasteiger partial charge in [0.25, 0.3) is 0 Å². The Balaban J connectivity index is 1.27. The maximum atomic E-state index is 13.2. The number of pyridine rings is 1. The van der Waals surface area contributed by atoms with E-state index in [1.54, 1.807) is 11.3 Å². The van der Waals surface area contributed by atoms with Crippen molar-refractivity contribution in [3.8, 4) is 5.75 Å². The standard InChI is InChI=1S/C26H29N3O2S/c1-19-2-3-24-23(14-19)15-28(16-25(31-24)22-8-13-32-18-22)17-26(30)29-11-6-21(7-12-29)20-4-9-27-10-5-20/h2-5,8-10,13-14,18,21,25H,6-7,11-12,15-17H2,1H3. The van der Waals surface area contributed by atoms with Crippen molar-refractivity contribution in [3.63, 3.8) is 0 Å². The number of carbonyl (C=O) groups excluding carboxylic acids is 1. The van der Waals surface area contributed by atoms with Crippen LogP contribution in [0.25, 0.3) is 0 Å². The molecule has 1 unspecified atom stereocenters. The number of benzene rings is 1. The number of aromatic nitrogens is 1. The van der Waals surface area contributed by atoms with Crippen LogP contribution in [0.4, 0.5) is 0 Å². The number of piperidine rings is 1. The van der Waals surface area contributed by atoms with Gasteiger partial charge < -0.3 is 9.64 Å². The van der Waals surface area contributed by atoms with E-state index in [0.29, 0.717) is 19.0 Å². The normalized spacial score (nSPS) is 19.8. The van der Waals surface area contributed by atoms with Crippen molar-refractivity contribution >= 4 is 17.2 Å². The summed E-state index contributed by atoms with van der Waals surface area (Å²) in [6.45, 7) is 5.61. The van der Waals surface area contributed by atoms with Gasteiger partial charge in [-0.3, -0.25) is 14.7 Å². The second-order valence-electron chi connectivity index (χ2n) is 8.88. The van der Waals surface area contributed by atoms with Crippen molar-refractivity contribution in [2.75, 3.05) is 26.2 Å². The summed E-state index contributed by atoms with van der Waals surface area (Å²) in [4.78, 5) is 21.6. The maximum absolute atomic E-state index is 13.2. The minimum atomic E-state index is -0.0598. The van der Waals surface area contributed by atoms with Crippen LogP contribution in [-0.4, -0.2) is 46.9 Å². The fraction of sp³-hybridized carbons (Fsp3) is 0.385. The van der Waals surface area contributed by atoms with Gasteiger partial charge in [-0.05, 0) is 66.3 Å². The average molecular weight is 448 g/mol. The molecule has 32 heavy (non-hydrogen) atoms. The van der Waals surface area contributed by atoms with E-state index >= 15 is 0 Å². The molecular weight excluding hydrogens is 418 g/mol. The monoisotopic (exact) mass is 447 g/mol. The van der Waals surface area contributed by atoms with Crippen molar-refractivity contribution in [1.82, 2.24) is 14.8 Å². The van der Waals surface area contributed by atoms with Crippen LogP contribution < -0.4 is 4.74 Å². The maximum Gasteiger partial charge on any atom is 0.236 e. The van der Waals surface area contributed by atoms with Crippen LogP contribution in [-0.2, 0) is 11.3 Å². The zero-order valence-electron chi connectivity index (χ0n) is 18.4. The molecule has 6 heteroatoms. The third kappa shape index (κ3) is 4.71. The fourth-order valence-electron chi connectivity index (χ4n) is 4.82. The molecule has 1 atom stereocenters. The molecule has 3 aromatic rings. The Hall–Kier alpha value is -2.70. The van der Waals surface area contributed by atoms with Gasteiger partial charge in [-0.1, -0.05) is 17.7 Å². The molecule has 0 bridgehead atoms. The van der Waals surface area contributed by atoms with Crippen LogP contribution in [0.3, 0.4) is 0 Å². The van der Waals surface area contributed by atoms with Crippen LogP contribution in [0, 0.1) is 6.92 Å². The zero-order chi connectivity index (χ0) is 21.9. The third-order valence-corrected chi connectivity index (χ3v) is 7.30. The van der Waals surface area contributed by atoms with E-state index in [4.69, 9.17) is 4.74 Å². The number of fused-ring (bicyclic) bond motifs is 1. The molecule has 2 aliphatic heterocycles. The summed E-state index contributed by atoms with van der Waals surface area (Å²) in [5.74, 6) is 1.67. The quantitative estimate of drug-likeness (QED) is 0.577. The molecule has 0 N–H and O–H groups in total. The molecule has 1 fully saturated rings. The van der Waals surface area contributed by atoms with E-state index in [2.05, 4.69) is 64.0 Å². The van der Waals surface area contributed by atoms with Gasteiger partial charge in [-0.15, -0.1) is 0 Å². The first-order chi connectivity index (χ1) is 15.7. The summed E-state index contributed by atoms with van der Waals surface area (Å²) in [5.41, 5.74) is 4.89. The summed E-state index contributed by atoms with van der Waals surface area (Å²) in [7, 11) is 0. The summed E-state index contributed by atoms with van der Waals surface area (Å²) in [6.07, 6.45) is 5.68. The lowest BCUT2D eigenvalue weighted by molar-refractivity contribution is -0.133. The van der Waals surface area contributed by atoms with Gasteiger partial charge in [0.2, 0.25) is 5.91 Å². The minimum Gasteiger partial charge on any atom is -0.484 e. The number of nitrogens with zero attached hydrogens (tertiary/aromatic N) is 3. The number of likely N-dealkylation sites (tertiary alicyclic amines) is 1. The van der Waals surface area contributed by atoms with Crippen molar-refractivity contribution in [2.45, 2.75) is 38.3 Å². The molecule has 0 radical (unpaired) electrons. The Morgan fingerprint density at radius 3 is 2.69 bits per heavy atom. The van der Waals surface area contributed by atoms with Gasteiger partial charge in [0, 0.05) is 49.7 Å². The Labute approximate surface area is 193 Å². The molecule has 1 aromatic carbocycles. The molecule has 1 saturated heterocycles. The largest absolute Gasteiger partial charge is 0.484 e. The molecular formula is C26H29N3O2S. The Morgan fingerprint density at radius 1 is 1.12 bits per heavy atom. The first-order valence-electron chi connectivity index (χ1n) is 11.3. The Bertz CT molecular complexity index is 1050. The molecule has 5 nitrogen and oxygen atoms in total. The van der Waals surface area contributed by atoms with Gasteiger partial charge in [-0.2, -0.15) is 11.3 Å². The molecule has 4 heterocycles. The Morgan fingerprint density at radius 2 is 1.94 bits per heavy atom. The zero-order valence-corrected chi connectivity index (χ0v) is 19.3. The minimum absolute atomic E-state index is 0.0598. The SMILES string of the molecule is Cc1ccc2c(c1)CN(CC(=O)N1CCC(c3ccncc3)CC1)CC(c1ccsc1)O2. The predicted molar refractivity (Wildman–Crippen MR) is 127 cm³/mol. The second kappa shape index (κ2) is 9.43. The van der Waals surface area contributed by atoms with Gasteiger partial charge in [0.05, 0.1) is 6.54 Å². The molecule has 166 valence electrons. The lowest BCUT2D eigenvalue weighted by Crippen LogP contribution is -2.44. The smallest absolute Gasteiger partial charge is 0.236 e. The van der Waals surface area contributed by atoms with Crippen LogP contribution in [0.1, 0.15) is 47.1 Å². The Kier molecular flexibility index (Phi) is 6.23. The van der Waals surface area contributed by atoms with E-state index in [9.17, 15) is 4.79 Å². The van der Waals surface area contributed by atoms with Crippen molar-refractivity contribution in [2.24, 2.45) is 0 Å². The van der Waals surface area contributed by atoms with E-state index in [0.717, 1.165) is 43.8 Å². The number of carbonyl (C=O) groups is 1. The molecule has 2 aliphatic rings. The highest BCUT2D eigenvalue weighted by Crippen LogP contribution is 2.33. The van der Waals surface area contributed by atoms with Crippen molar-refractivity contribution in [1.29, 1.82) is 0 Å². The van der Waals surface area contributed by atoms with Gasteiger partial charge in [0.1, 0.15) is 11.9 Å². The van der Waals surface area contributed by atoms with Gasteiger partial charge in [0.15, 0.2) is 0 Å². The topological polar surface area (TPSA) is 45.7 Å². The van der Waals surface area contributed by atoms with E-state index in [1.807, 2.05) is 17.3 Å². The summed E-state index contributed by atoms with van der Waals surface area (Å²) >= 11 is 1.68. The summed E-state index contributed by atoms with van der Waals surface area (Å²) in [6, 6.07) is 12.7. The number of hydrogen-bond acceptors (Lipinski definition) is 5. The van der Waals surface area contributed by atoms with Crippen LogP contribution in [0.5, 0.6) is 5.75 Å². The number of thiophene rings is 1. The molecule has 0 aliphatic carbocycles. The average Bonchev–Trinajstić information content (AvgIpc) is 3.30. The number of ether oxygens (including phenoxy) is 1. The fourth-order valence-corrected chi connectivity index (χ4v) is 5.52. The summed E-state index contributed by atoms with van der Waals surface area (Å²) < 4.78 is 6.41. The molecule has 0 spiro atoms. The van der Waals surface area contributed by atoms with Crippen LogP contribution in [0.2, 0.25) is 0 Å². The molecule has 2 aromatic heterocycles. The third-order valence-electron chi connectivity index (χ3n) is 6.60. The van der Waals surface area contributed by atoms with E-state index < -0.39 is 0 Å². The number of aryl methyl sites for hydroxylation is 1. The number of rotatable bonds is 4. The van der Waals surface area contributed by atoms with Crippen LogP contribution in [0.15, 0.2) is 59.6 Å².